The number of benzene rings is 1. The number of thiophene rings is 1. The fraction of sp³-hybridized carbons (Fsp3) is 0.421. The van der Waals surface area contributed by atoms with E-state index in [2.05, 4.69) is 0 Å². The second-order valence-corrected chi connectivity index (χ2v) is 10.2. The molecule has 0 bridgehead atoms. The number of nitrogens with zero attached hydrogens (tertiary/aromatic N) is 2. The molecule has 4 rings (SSSR count). The van der Waals surface area contributed by atoms with Crippen LogP contribution in [-0.2, 0) is 20.6 Å². The first-order valence-electron chi connectivity index (χ1n) is 8.73. The minimum atomic E-state index is -3.37. The average Bonchev–Trinajstić information content (AvgIpc) is 3.30. The number of rotatable bonds is 4. The molecule has 5 nitrogen and oxygen atoms in total. The summed E-state index contributed by atoms with van der Waals surface area (Å²) < 4.78 is 27.3. The van der Waals surface area contributed by atoms with E-state index in [1.54, 1.807) is 15.6 Å². The highest BCUT2D eigenvalue weighted by Gasteiger charge is 2.50. The summed E-state index contributed by atoms with van der Waals surface area (Å²) in [6, 6.07) is 9.56. The van der Waals surface area contributed by atoms with Gasteiger partial charge in [0.2, 0.25) is 15.9 Å². The van der Waals surface area contributed by atoms with Crippen molar-refractivity contribution < 1.29 is 13.2 Å². The Kier molecular flexibility index (Phi) is 4.41. The first-order chi connectivity index (χ1) is 12.4. The van der Waals surface area contributed by atoms with Crippen molar-refractivity contribution in [3.63, 3.8) is 0 Å². The molecule has 7 heteroatoms. The number of amides is 1. The van der Waals surface area contributed by atoms with E-state index in [9.17, 15) is 13.2 Å². The molecule has 26 heavy (non-hydrogen) atoms. The molecule has 3 heterocycles. The van der Waals surface area contributed by atoms with Crippen LogP contribution in [0.2, 0.25) is 0 Å². The summed E-state index contributed by atoms with van der Waals surface area (Å²) in [5.74, 6) is 0.118. The molecule has 2 aromatic rings. The molecule has 2 aliphatic rings. The van der Waals surface area contributed by atoms with Crippen LogP contribution in [0.3, 0.4) is 0 Å². The van der Waals surface area contributed by atoms with Crippen molar-refractivity contribution in [3.8, 4) is 0 Å². The number of carbonyl (C=O) groups is 1. The van der Waals surface area contributed by atoms with Gasteiger partial charge < -0.3 is 4.90 Å². The number of sulfonamides is 1. The summed E-state index contributed by atoms with van der Waals surface area (Å²) in [6.07, 6.45) is 1.17. The lowest BCUT2D eigenvalue weighted by Crippen LogP contribution is -2.34. The van der Waals surface area contributed by atoms with Gasteiger partial charge in [0.1, 0.15) is 0 Å². The summed E-state index contributed by atoms with van der Waals surface area (Å²) in [6.45, 7) is 3.53. The van der Waals surface area contributed by atoms with E-state index in [1.807, 2.05) is 52.9 Å². The van der Waals surface area contributed by atoms with Crippen LogP contribution in [-0.4, -0.2) is 38.3 Å². The van der Waals surface area contributed by atoms with Gasteiger partial charge in [-0.15, -0.1) is 0 Å². The maximum absolute atomic E-state index is 12.8. The third kappa shape index (κ3) is 3.31. The van der Waals surface area contributed by atoms with Gasteiger partial charge in [0.15, 0.2) is 0 Å². The number of anilines is 1. The Bertz CT molecular complexity index is 907. The van der Waals surface area contributed by atoms with Crippen molar-refractivity contribution in [2.45, 2.75) is 25.5 Å². The Hall–Kier alpha value is -1.70. The van der Waals surface area contributed by atoms with E-state index in [1.165, 1.54) is 0 Å². The van der Waals surface area contributed by atoms with E-state index in [0.717, 1.165) is 23.2 Å². The van der Waals surface area contributed by atoms with E-state index in [-0.39, 0.29) is 17.1 Å². The molecule has 2 aliphatic heterocycles. The molecule has 1 amide bonds. The molecule has 0 aliphatic carbocycles. The highest BCUT2D eigenvalue weighted by molar-refractivity contribution is 7.88. The van der Waals surface area contributed by atoms with Crippen molar-refractivity contribution in [2.75, 3.05) is 24.5 Å². The summed E-state index contributed by atoms with van der Waals surface area (Å²) in [5, 5.41) is 3.93. The topological polar surface area (TPSA) is 57.7 Å². The molecule has 0 radical (unpaired) electrons. The zero-order chi connectivity index (χ0) is 18.4. The van der Waals surface area contributed by atoms with Crippen LogP contribution in [0.25, 0.3) is 0 Å². The third-order valence-electron chi connectivity index (χ3n) is 5.40. The lowest BCUT2D eigenvalue weighted by molar-refractivity contribution is -0.117. The summed E-state index contributed by atoms with van der Waals surface area (Å²) in [4.78, 5) is 14.3. The quantitative estimate of drug-likeness (QED) is 0.806. The van der Waals surface area contributed by atoms with Crippen LogP contribution in [0, 0.1) is 12.3 Å². The van der Waals surface area contributed by atoms with Gasteiger partial charge >= 0.3 is 0 Å². The van der Waals surface area contributed by atoms with Gasteiger partial charge in [0.25, 0.3) is 0 Å². The maximum atomic E-state index is 12.8. The van der Waals surface area contributed by atoms with Gasteiger partial charge in [0.05, 0.1) is 11.4 Å². The van der Waals surface area contributed by atoms with Gasteiger partial charge in [-0.25, -0.2) is 12.7 Å². The molecule has 0 saturated carbocycles. The molecule has 0 unspecified atom stereocenters. The fourth-order valence-corrected chi connectivity index (χ4v) is 6.21. The zero-order valence-electron chi connectivity index (χ0n) is 14.7. The van der Waals surface area contributed by atoms with Gasteiger partial charge in [-0.2, -0.15) is 11.3 Å². The predicted octanol–water partition coefficient (Wildman–Crippen LogP) is 3.02. The Morgan fingerprint density at radius 2 is 1.92 bits per heavy atom. The van der Waals surface area contributed by atoms with Crippen molar-refractivity contribution in [3.05, 3.63) is 52.2 Å². The lowest BCUT2D eigenvalue weighted by atomic mass is 9.86. The van der Waals surface area contributed by atoms with Crippen LogP contribution in [0.4, 0.5) is 5.69 Å². The van der Waals surface area contributed by atoms with Crippen molar-refractivity contribution >= 4 is 33.0 Å². The zero-order valence-corrected chi connectivity index (χ0v) is 16.4. The third-order valence-corrected chi connectivity index (χ3v) is 7.87. The SMILES string of the molecule is Cc1ccc(CS(=O)(=O)N2CC[C@]3(CC(=O)N(c4ccsc4)C3)C2)cc1. The second-order valence-electron chi connectivity index (χ2n) is 7.46. The fourth-order valence-electron chi connectivity index (χ4n) is 3.93. The molecule has 138 valence electrons. The molecule has 1 aromatic carbocycles. The Morgan fingerprint density at radius 1 is 1.15 bits per heavy atom. The largest absolute Gasteiger partial charge is 0.311 e. The molecule has 0 N–H and O–H groups in total. The van der Waals surface area contributed by atoms with Crippen LogP contribution in [0.1, 0.15) is 24.0 Å². The predicted molar refractivity (Wildman–Crippen MR) is 104 cm³/mol. The van der Waals surface area contributed by atoms with Crippen LogP contribution < -0.4 is 4.90 Å². The first-order valence-corrected chi connectivity index (χ1v) is 11.3. The number of carbonyl (C=O) groups excluding carboxylic acids is 1. The minimum absolute atomic E-state index is 0.0194. The minimum Gasteiger partial charge on any atom is -0.311 e. The normalized spacial score (nSPS) is 24.0. The number of aryl methyl sites for hydroxylation is 1. The Balaban J connectivity index is 1.48. The Labute approximate surface area is 158 Å². The summed E-state index contributed by atoms with van der Waals surface area (Å²) in [7, 11) is -3.37. The van der Waals surface area contributed by atoms with E-state index in [4.69, 9.17) is 0 Å². The second kappa shape index (κ2) is 6.48. The summed E-state index contributed by atoms with van der Waals surface area (Å²) in [5.41, 5.74) is 2.60. The molecule has 1 aromatic heterocycles. The Morgan fingerprint density at radius 3 is 2.62 bits per heavy atom. The van der Waals surface area contributed by atoms with Crippen molar-refractivity contribution in [2.24, 2.45) is 5.41 Å². The van der Waals surface area contributed by atoms with E-state index < -0.39 is 10.0 Å². The van der Waals surface area contributed by atoms with E-state index in [0.29, 0.717) is 26.1 Å². The average molecular weight is 391 g/mol. The molecule has 2 saturated heterocycles. The van der Waals surface area contributed by atoms with Gasteiger partial charge in [-0.05, 0) is 30.4 Å². The molecular weight excluding hydrogens is 368 g/mol. The first kappa shape index (κ1) is 17.7. The molecule has 1 spiro atoms. The number of hydrogen-bond acceptors (Lipinski definition) is 4. The highest BCUT2D eigenvalue weighted by atomic mass is 32.2. The van der Waals surface area contributed by atoms with E-state index >= 15 is 0 Å². The van der Waals surface area contributed by atoms with Gasteiger partial charge in [-0.3, -0.25) is 4.79 Å². The highest BCUT2D eigenvalue weighted by Crippen LogP contribution is 2.43. The molecule has 1 atom stereocenters. The van der Waals surface area contributed by atoms with Crippen LogP contribution in [0.5, 0.6) is 0 Å². The van der Waals surface area contributed by atoms with Gasteiger partial charge in [0, 0.05) is 36.9 Å². The van der Waals surface area contributed by atoms with Crippen molar-refractivity contribution in [1.82, 2.24) is 4.31 Å². The standard InChI is InChI=1S/C19H22N2O3S2/c1-15-2-4-16(5-3-15)12-26(23,24)20-8-7-19(13-20)10-18(22)21(14-19)17-6-9-25-11-17/h2-6,9,11H,7-8,10,12-14H2,1H3/t19-/m0/s1. The smallest absolute Gasteiger partial charge is 0.227 e. The number of hydrogen-bond donors (Lipinski definition) is 0. The van der Waals surface area contributed by atoms with Gasteiger partial charge in [-0.1, -0.05) is 29.8 Å². The van der Waals surface area contributed by atoms with Crippen molar-refractivity contribution in [1.29, 1.82) is 0 Å². The lowest BCUT2D eigenvalue weighted by Gasteiger charge is -2.23. The monoisotopic (exact) mass is 390 g/mol. The maximum Gasteiger partial charge on any atom is 0.227 e. The van der Waals surface area contributed by atoms with Crippen LogP contribution >= 0.6 is 11.3 Å². The molecular formula is C19H22N2O3S2. The van der Waals surface area contributed by atoms with Crippen LogP contribution in [0.15, 0.2) is 41.1 Å². The molecule has 2 fully saturated rings. The summed E-state index contributed by atoms with van der Waals surface area (Å²) >= 11 is 1.57.